The Hall–Kier alpha value is -3.53. The molecule has 1 aliphatic heterocycles. The first kappa shape index (κ1) is 31.9. The summed E-state index contributed by atoms with van der Waals surface area (Å²) in [6.45, 7) is 7.61. The SMILES string of the molecule is C[C@H](NP(=O)(OC[C@H]1OC(C#N)(c2ccc3c(N)ncnn23)C[C@@H]1O)Oc1ccc(C(C)(C)C)cc1)C(=O)OCC1CCC1. The summed E-state index contributed by atoms with van der Waals surface area (Å²) in [6.07, 6.45) is 2.06. The van der Waals surface area contributed by atoms with Crippen molar-refractivity contribution in [1.29, 1.82) is 5.26 Å². The fourth-order valence-corrected chi connectivity index (χ4v) is 6.70. The summed E-state index contributed by atoms with van der Waals surface area (Å²) in [6, 6.07) is 11.5. The first-order chi connectivity index (χ1) is 20.8. The Bertz CT molecular complexity index is 1580. The van der Waals surface area contributed by atoms with E-state index in [-0.39, 0.29) is 23.4 Å². The Morgan fingerprint density at radius 1 is 1.27 bits per heavy atom. The zero-order valence-corrected chi connectivity index (χ0v) is 26.2. The number of nitriles is 1. The van der Waals surface area contributed by atoms with Gasteiger partial charge in [0, 0.05) is 6.42 Å². The number of carbonyl (C=O) groups is 1. The maximum Gasteiger partial charge on any atom is 0.459 e. The minimum atomic E-state index is -4.25. The Morgan fingerprint density at radius 2 is 2.00 bits per heavy atom. The molecule has 5 atom stereocenters. The molecule has 2 unspecified atom stereocenters. The van der Waals surface area contributed by atoms with Crippen LogP contribution in [0.3, 0.4) is 0 Å². The summed E-state index contributed by atoms with van der Waals surface area (Å²) in [5.74, 6) is 0.223. The molecule has 13 nitrogen and oxygen atoms in total. The van der Waals surface area contributed by atoms with E-state index in [1.54, 1.807) is 24.3 Å². The van der Waals surface area contributed by atoms with E-state index < -0.39 is 44.2 Å². The molecular weight excluding hydrogens is 587 g/mol. The number of benzene rings is 1. The van der Waals surface area contributed by atoms with Gasteiger partial charge in [-0.15, -0.1) is 0 Å². The number of esters is 1. The summed E-state index contributed by atoms with van der Waals surface area (Å²) in [4.78, 5) is 16.7. The third kappa shape index (κ3) is 6.75. The highest BCUT2D eigenvalue weighted by atomic mass is 31.2. The van der Waals surface area contributed by atoms with E-state index in [1.807, 2.05) is 12.1 Å². The molecule has 5 rings (SSSR count). The molecule has 1 aliphatic carbocycles. The molecule has 0 bridgehead atoms. The molecule has 0 radical (unpaired) electrons. The first-order valence-electron chi connectivity index (χ1n) is 14.7. The van der Waals surface area contributed by atoms with E-state index in [9.17, 15) is 19.7 Å². The average Bonchev–Trinajstić information content (AvgIpc) is 3.53. The van der Waals surface area contributed by atoms with Gasteiger partial charge in [-0.3, -0.25) is 9.32 Å². The predicted molar refractivity (Wildman–Crippen MR) is 160 cm³/mol. The Morgan fingerprint density at radius 3 is 2.64 bits per heavy atom. The van der Waals surface area contributed by atoms with Crippen LogP contribution in [0.15, 0.2) is 42.7 Å². The number of nitrogens with two attached hydrogens (primary N) is 1. The lowest BCUT2D eigenvalue weighted by molar-refractivity contribution is -0.147. The minimum Gasteiger partial charge on any atom is -0.464 e. The Kier molecular flexibility index (Phi) is 9.03. The fraction of sp³-hybridized carbons (Fsp3) is 0.533. The number of fused-ring (bicyclic) bond motifs is 1. The van der Waals surface area contributed by atoms with E-state index >= 15 is 0 Å². The normalized spacial score (nSPS) is 24.3. The van der Waals surface area contributed by atoms with E-state index in [0.29, 0.717) is 23.7 Å². The molecule has 44 heavy (non-hydrogen) atoms. The second kappa shape index (κ2) is 12.5. The lowest BCUT2D eigenvalue weighted by atomic mass is 9.86. The van der Waals surface area contributed by atoms with Crippen molar-refractivity contribution in [3.63, 3.8) is 0 Å². The number of rotatable bonds is 11. The van der Waals surface area contributed by atoms with Gasteiger partial charge < -0.3 is 24.8 Å². The number of carbonyl (C=O) groups excluding carboxylic acids is 1. The van der Waals surface area contributed by atoms with Crippen LogP contribution < -0.4 is 15.3 Å². The van der Waals surface area contributed by atoms with Crippen LogP contribution >= 0.6 is 7.75 Å². The molecule has 2 aliphatic rings. The van der Waals surface area contributed by atoms with Crippen LogP contribution in [-0.4, -0.2) is 57.1 Å². The Balaban J connectivity index is 1.33. The number of nitrogen functional groups attached to an aromatic ring is 1. The van der Waals surface area contributed by atoms with Crippen molar-refractivity contribution in [2.24, 2.45) is 5.92 Å². The minimum absolute atomic E-state index is 0.107. The highest BCUT2D eigenvalue weighted by molar-refractivity contribution is 7.52. The topological polar surface area (TPSA) is 183 Å². The van der Waals surface area contributed by atoms with Crippen molar-refractivity contribution in [1.82, 2.24) is 19.7 Å². The standard InChI is InChI=1S/C30H39N6O7P/c1-19(28(38)40-15-20-6-5-7-20)35-44(39,43-22-10-8-21(9-11-22)29(2,3)4)41-16-25-24(37)14-30(17-31,42-25)26-13-12-23-27(32)33-18-34-36(23)26/h8-13,18-20,24-25,37H,5-7,14-16H2,1-4H3,(H,35,39)(H2,32,33,34)/t19-,24-,25+,30?,44?/m0/s1. The summed E-state index contributed by atoms with van der Waals surface area (Å²) in [5.41, 5.74) is 6.12. The third-order valence-electron chi connectivity index (χ3n) is 8.10. The molecule has 3 aromatic rings. The van der Waals surface area contributed by atoms with Crippen LogP contribution in [0, 0.1) is 17.2 Å². The van der Waals surface area contributed by atoms with E-state index in [2.05, 4.69) is 42.0 Å². The average molecular weight is 627 g/mol. The van der Waals surface area contributed by atoms with Crippen LogP contribution in [0.1, 0.15) is 64.6 Å². The monoisotopic (exact) mass is 626 g/mol. The molecule has 1 aromatic carbocycles. The number of anilines is 1. The van der Waals surface area contributed by atoms with Gasteiger partial charge in [0.15, 0.2) is 11.4 Å². The molecular formula is C30H39N6O7P. The van der Waals surface area contributed by atoms with Crippen LogP contribution in [0.25, 0.3) is 5.52 Å². The quantitative estimate of drug-likeness (QED) is 0.206. The van der Waals surface area contributed by atoms with Gasteiger partial charge in [-0.25, -0.2) is 14.1 Å². The molecule has 2 fully saturated rings. The van der Waals surface area contributed by atoms with E-state index in [0.717, 1.165) is 24.8 Å². The third-order valence-corrected chi connectivity index (χ3v) is 9.74. The number of ether oxygens (including phenoxy) is 2. The van der Waals surface area contributed by atoms with E-state index in [1.165, 1.54) is 17.8 Å². The highest BCUT2D eigenvalue weighted by Crippen LogP contribution is 2.47. The zero-order valence-electron chi connectivity index (χ0n) is 25.3. The van der Waals surface area contributed by atoms with Crippen molar-refractivity contribution in [2.75, 3.05) is 18.9 Å². The highest BCUT2D eigenvalue weighted by Gasteiger charge is 2.50. The molecule has 1 saturated heterocycles. The number of aliphatic hydroxyl groups is 1. The van der Waals surface area contributed by atoms with Gasteiger partial charge in [0.05, 0.1) is 25.0 Å². The van der Waals surface area contributed by atoms with Gasteiger partial charge in [-0.2, -0.15) is 15.4 Å². The summed E-state index contributed by atoms with van der Waals surface area (Å²) >= 11 is 0. The largest absolute Gasteiger partial charge is 0.464 e. The van der Waals surface area contributed by atoms with Crippen molar-refractivity contribution in [2.45, 2.75) is 82.6 Å². The molecule has 2 aromatic heterocycles. The number of hydrogen-bond acceptors (Lipinski definition) is 11. The molecule has 3 heterocycles. The van der Waals surface area contributed by atoms with Gasteiger partial charge in [-0.05, 0) is 60.9 Å². The molecule has 0 amide bonds. The van der Waals surface area contributed by atoms with Crippen molar-refractivity contribution >= 4 is 25.1 Å². The molecule has 14 heteroatoms. The van der Waals surface area contributed by atoms with Gasteiger partial charge in [0.2, 0.25) is 0 Å². The van der Waals surface area contributed by atoms with Gasteiger partial charge in [-0.1, -0.05) is 39.3 Å². The maximum atomic E-state index is 14.1. The molecule has 1 saturated carbocycles. The second-order valence-corrected chi connectivity index (χ2v) is 14.2. The van der Waals surface area contributed by atoms with Crippen molar-refractivity contribution in [3.05, 3.63) is 54.0 Å². The van der Waals surface area contributed by atoms with Crippen molar-refractivity contribution < 1.29 is 33.0 Å². The number of nitrogens with zero attached hydrogens (tertiary/aromatic N) is 4. The van der Waals surface area contributed by atoms with Crippen LogP contribution in [0.4, 0.5) is 5.82 Å². The van der Waals surface area contributed by atoms with Crippen molar-refractivity contribution in [3.8, 4) is 11.8 Å². The maximum absolute atomic E-state index is 14.1. The smallest absolute Gasteiger partial charge is 0.459 e. The summed E-state index contributed by atoms with van der Waals surface area (Å²) < 4.78 is 38.7. The molecule has 236 valence electrons. The number of hydrogen-bond donors (Lipinski definition) is 3. The second-order valence-electron chi connectivity index (χ2n) is 12.5. The Labute approximate surface area is 256 Å². The number of aliphatic hydroxyl groups excluding tert-OH is 1. The fourth-order valence-electron chi connectivity index (χ4n) is 5.20. The summed E-state index contributed by atoms with van der Waals surface area (Å²) in [7, 11) is -4.25. The van der Waals surface area contributed by atoms with Crippen LogP contribution in [0.2, 0.25) is 0 Å². The lowest BCUT2D eigenvalue weighted by Gasteiger charge is -2.27. The number of aromatic nitrogens is 3. The molecule has 0 spiro atoms. The van der Waals surface area contributed by atoms with Gasteiger partial charge in [0.1, 0.15) is 35.8 Å². The van der Waals surface area contributed by atoms with E-state index in [4.69, 9.17) is 24.3 Å². The number of nitrogens with one attached hydrogen (secondary N) is 1. The lowest BCUT2D eigenvalue weighted by Crippen LogP contribution is -2.37. The summed E-state index contributed by atoms with van der Waals surface area (Å²) in [5, 5.41) is 28.0. The first-order valence-corrected chi connectivity index (χ1v) is 16.2. The van der Waals surface area contributed by atoms with Gasteiger partial charge >= 0.3 is 13.7 Å². The zero-order chi connectivity index (χ0) is 31.7. The molecule has 4 N–H and O–H groups in total. The van der Waals surface area contributed by atoms with Crippen LogP contribution in [0.5, 0.6) is 5.75 Å². The predicted octanol–water partition coefficient (Wildman–Crippen LogP) is 4.00. The van der Waals surface area contributed by atoms with Crippen LogP contribution in [-0.2, 0) is 34.4 Å². The van der Waals surface area contributed by atoms with Gasteiger partial charge in [0.25, 0.3) is 0 Å².